The number of aliphatic hydroxyl groups is 1. The molecule has 1 amide bonds. The van der Waals surface area contributed by atoms with Crippen molar-refractivity contribution in [3.05, 3.63) is 39.9 Å². The Morgan fingerprint density at radius 3 is 2.58 bits per heavy atom. The lowest BCUT2D eigenvalue weighted by atomic mass is 10.1. The Morgan fingerprint density at radius 2 is 2.05 bits per heavy atom. The fourth-order valence-corrected chi connectivity index (χ4v) is 2.31. The molecule has 0 heterocycles. The first-order valence-electron chi connectivity index (χ1n) is 6.27. The largest absolute Gasteiger partial charge is 0.393 e. The molecule has 2 unspecified atom stereocenters. The summed E-state index contributed by atoms with van der Waals surface area (Å²) < 4.78 is 0. The van der Waals surface area contributed by atoms with Crippen LogP contribution in [0.3, 0.4) is 0 Å². The van der Waals surface area contributed by atoms with Crippen molar-refractivity contribution < 1.29 is 14.8 Å². The molecule has 0 saturated heterocycles. The Kier molecular flexibility index (Phi) is 4.11. The highest BCUT2D eigenvalue weighted by atomic mass is 16.6. The number of rotatable bonds is 4. The minimum absolute atomic E-state index is 0.0320. The van der Waals surface area contributed by atoms with Crippen LogP contribution in [0.1, 0.15) is 29.6 Å². The van der Waals surface area contributed by atoms with Gasteiger partial charge in [0.05, 0.1) is 11.0 Å². The average Bonchev–Trinajstić information content (AvgIpc) is 2.82. The van der Waals surface area contributed by atoms with Crippen LogP contribution in [0.25, 0.3) is 0 Å². The number of carbonyl (C=O) groups excluding carboxylic acids is 1. The number of carbonyl (C=O) groups is 1. The second kappa shape index (κ2) is 5.79. The summed E-state index contributed by atoms with van der Waals surface area (Å²) >= 11 is 0. The Balaban J connectivity index is 1.87. The van der Waals surface area contributed by atoms with Gasteiger partial charge in [0, 0.05) is 24.2 Å². The topological polar surface area (TPSA) is 92.5 Å². The summed E-state index contributed by atoms with van der Waals surface area (Å²) in [5.41, 5.74) is 0.375. The summed E-state index contributed by atoms with van der Waals surface area (Å²) in [7, 11) is 0. The normalized spacial score (nSPS) is 22.2. The lowest BCUT2D eigenvalue weighted by Crippen LogP contribution is -2.28. The standard InChI is InChI=1S/C13H16N2O4/c16-12-6-1-9(7-12)8-14-13(17)10-2-4-11(5-3-10)15(18)19/h2-5,9,12,16H,1,6-8H2,(H,14,17). The molecule has 19 heavy (non-hydrogen) atoms. The van der Waals surface area contributed by atoms with Crippen LogP contribution < -0.4 is 5.32 Å². The molecule has 1 fully saturated rings. The van der Waals surface area contributed by atoms with Gasteiger partial charge in [-0.25, -0.2) is 0 Å². The molecule has 1 aromatic rings. The van der Waals surface area contributed by atoms with Gasteiger partial charge < -0.3 is 10.4 Å². The van der Waals surface area contributed by atoms with E-state index < -0.39 is 4.92 Å². The van der Waals surface area contributed by atoms with Gasteiger partial charge in [-0.2, -0.15) is 0 Å². The first-order chi connectivity index (χ1) is 9.06. The Hall–Kier alpha value is -1.95. The van der Waals surface area contributed by atoms with E-state index in [2.05, 4.69) is 5.32 Å². The van der Waals surface area contributed by atoms with E-state index in [0.29, 0.717) is 18.0 Å². The number of nitro benzene ring substituents is 1. The number of nitro groups is 1. The molecule has 1 saturated carbocycles. The molecule has 2 rings (SSSR count). The Morgan fingerprint density at radius 1 is 1.37 bits per heavy atom. The summed E-state index contributed by atoms with van der Waals surface area (Å²) in [5.74, 6) is 0.0771. The number of aliphatic hydroxyl groups excluding tert-OH is 1. The van der Waals surface area contributed by atoms with E-state index in [-0.39, 0.29) is 17.7 Å². The summed E-state index contributed by atoms with van der Waals surface area (Å²) in [4.78, 5) is 21.8. The second-order valence-corrected chi connectivity index (χ2v) is 4.85. The van der Waals surface area contributed by atoms with Gasteiger partial charge in [0.2, 0.25) is 0 Å². The number of hydrogen-bond donors (Lipinski definition) is 2. The van der Waals surface area contributed by atoms with Crippen LogP contribution >= 0.6 is 0 Å². The molecule has 0 aliphatic heterocycles. The number of benzene rings is 1. The van der Waals surface area contributed by atoms with E-state index in [0.717, 1.165) is 19.3 Å². The summed E-state index contributed by atoms with van der Waals surface area (Å²) in [6.45, 7) is 0.535. The van der Waals surface area contributed by atoms with E-state index in [4.69, 9.17) is 0 Å². The first-order valence-corrected chi connectivity index (χ1v) is 6.27. The predicted molar refractivity (Wildman–Crippen MR) is 68.8 cm³/mol. The van der Waals surface area contributed by atoms with Crippen molar-refractivity contribution in [3.63, 3.8) is 0 Å². The van der Waals surface area contributed by atoms with Gasteiger partial charge in [-0.3, -0.25) is 14.9 Å². The third-order valence-corrected chi connectivity index (χ3v) is 3.41. The molecular formula is C13H16N2O4. The molecule has 0 bridgehead atoms. The highest BCUT2D eigenvalue weighted by Gasteiger charge is 2.23. The van der Waals surface area contributed by atoms with Crippen molar-refractivity contribution in [3.8, 4) is 0 Å². The van der Waals surface area contributed by atoms with Crippen molar-refractivity contribution in [2.75, 3.05) is 6.54 Å². The Bertz CT molecular complexity index is 472. The third-order valence-electron chi connectivity index (χ3n) is 3.41. The quantitative estimate of drug-likeness (QED) is 0.636. The minimum Gasteiger partial charge on any atom is -0.393 e. The third kappa shape index (κ3) is 3.51. The predicted octanol–water partition coefficient (Wildman–Crippen LogP) is 1.49. The van der Waals surface area contributed by atoms with E-state index in [1.807, 2.05) is 0 Å². The van der Waals surface area contributed by atoms with Gasteiger partial charge in [0.15, 0.2) is 0 Å². The van der Waals surface area contributed by atoms with Crippen molar-refractivity contribution in [1.29, 1.82) is 0 Å². The van der Waals surface area contributed by atoms with Gasteiger partial charge in [-0.15, -0.1) is 0 Å². The lowest BCUT2D eigenvalue weighted by molar-refractivity contribution is -0.384. The van der Waals surface area contributed by atoms with Gasteiger partial charge >= 0.3 is 0 Å². The molecule has 1 aliphatic carbocycles. The zero-order chi connectivity index (χ0) is 13.8. The van der Waals surface area contributed by atoms with Gasteiger partial charge in [0.1, 0.15) is 0 Å². The SMILES string of the molecule is O=C(NCC1CCC(O)C1)c1ccc([N+](=O)[O-])cc1. The highest BCUT2D eigenvalue weighted by Crippen LogP contribution is 2.24. The van der Waals surface area contributed by atoms with Crippen LogP contribution in [0, 0.1) is 16.0 Å². The number of non-ortho nitro benzene ring substituents is 1. The van der Waals surface area contributed by atoms with Crippen LogP contribution in [-0.2, 0) is 0 Å². The summed E-state index contributed by atoms with van der Waals surface area (Å²) in [6, 6.07) is 5.51. The fraction of sp³-hybridized carbons (Fsp3) is 0.462. The Labute approximate surface area is 110 Å². The molecule has 6 nitrogen and oxygen atoms in total. The maximum absolute atomic E-state index is 11.8. The molecular weight excluding hydrogens is 248 g/mol. The molecule has 0 radical (unpaired) electrons. The summed E-state index contributed by atoms with van der Waals surface area (Å²) in [5, 5.41) is 22.7. The van der Waals surface area contributed by atoms with Gasteiger partial charge in [-0.1, -0.05) is 0 Å². The molecule has 2 atom stereocenters. The number of amides is 1. The monoisotopic (exact) mass is 264 g/mol. The maximum atomic E-state index is 11.8. The fourth-order valence-electron chi connectivity index (χ4n) is 2.31. The van der Waals surface area contributed by atoms with Crippen LogP contribution in [0.5, 0.6) is 0 Å². The van der Waals surface area contributed by atoms with Crippen LogP contribution in [-0.4, -0.2) is 28.6 Å². The number of nitrogens with one attached hydrogen (secondary N) is 1. The van der Waals surface area contributed by atoms with Crippen LogP contribution in [0.2, 0.25) is 0 Å². The van der Waals surface area contributed by atoms with Crippen molar-refractivity contribution in [1.82, 2.24) is 5.32 Å². The number of hydrogen-bond acceptors (Lipinski definition) is 4. The maximum Gasteiger partial charge on any atom is 0.269 e. The molecule has 1 aromatic carbocycles. The van der Waals surface area contributed by atoms with Crippen molar-refractivity contribution >= 4 is 11.6 Å². The molecule has 6 heteroatoms. The first kappa shape index (κ1) is 13.5. The minimum atomic E-state index is -0.498. The van der Waals surface area contributed by atoms with Crippen LogP contribution in [0.4, 0.5) is 5.69 Å². The van der Waals surface area contributed by atoms with Crippen molar-refractivity contribution in [2.45, 2.75) is 25.4 Å². The molecule has 1 aliphatic rings. The smallest absolute Gasteiger partial charge is 0.269 e. The van der Waals surface area contributed by atoms with Crippen LogP contribution in [0.15, 0.2) is 24.3 Å². The van der Waals surface area contributed by atoms with E-state index >= 15 is 0 Å². The highest BCUT2D eigenvalue weighted by molar-refractivity contribution is 5.94. The zero-order valence-corrected chi connectivity index (χ0v) is 10.4. The molecule has 2 N–H and O–H groups in total. The van der Waals surface area contributed by atoms with E-state index in [1.165, 1.54) is 24.3 Å². The number of nitrogens with zero attached hydrogens (tertiary/aromatic N) is 1. The lowest BCUT2D eigenvalue weighted by Gasteiger charge is -2.10. The summed E-state index contributed by atoms with van der Waals surface area (Å²) in [6.07, 6.45) is 2.18. The average molecular weight is 264 g/mol. The van der Waals surface area contributed by atoms with E-state index in [9.17, 15) is 20.0 Å². The van der Waals surface area contributed by atoms with Gasteiger partial charge in [-0.05, 0) is 37.3 Å². The molecule has 102 valence electrons. The molecule has 0 aromatic heterocycles. The molecule has 0 spiro atoms. The van der Waals surface area contributed by atoms with Gasteiger partial charge in [0.25, 0.3) is 11.6 Å². The van der Waals surface area contributed by atoms with Crippen molar-refractivity contribution in [2.24, 2.45) is 5.92 Å². The zero-order valence-electron chi connectivity index (χ0n) is 10.4. The second-order valence-electron chi connectivity index (χ2n) is 4.85. The van der Waals surface area contributed by atoms with E-state index in [1.54, 1.807) is 0 Å².